The maximum atomic E-state index is 9.52. The molecule has 27 heavy (non-hydrogen) atoms. The zero-order chi connectivity index (χ0) is 19.3. The van der Waals surface area contributed by atoms with Crippen molar-refractivity contribution < 1.29 is 9.84 Å². The van der Waals surface area contributed by atoms with E-state index in [0.29, 0.717) is 6.54 Å². The van der Waals surface area contributed by atoms with Crippen LogP contribution in [0.4, 0.5) is 0 Å². The number of aliphatic hydroxyl groups excluding tert-OH is 1. The summed E-state index contributed by atoms with van der Waals surface area (Å²) >= 11 is 0. The first kappa shape index (κ1) is 19.2. The van der Waals surface area contributed by atoms with Crippen LogP contribution in [0, 0.1) is 0 Å². The molecule has 0 saturated heterocycles. The van der Waals surface area contributed by atoms with E-state index < -0.39 is 0 Å². The summed E-state index contributed by atoms with van der Waals surface area (Å²) in [5, 5.41) is 16.4. The van der Waals surface area contributed by atoms with Gasteiger partial charge in [-0.1, -0.05) is 42.5 Å². The van der Waals surface area contributed by atoms with Crippen molar-refractivity contribution in [2.24, 2.45) is 4.99 Å². The minimum Gasteiger partial charge on any atom is -0.487 e. The van der Waals surface area contributed by atoms with Crippen molar-refractivity contribution in [3.63, 3.8) is 0 Å². The van der Waals surface area contributed by atoms with E-state index in [1.165, 1.54) is 0 Å². The Labute approximate surface area is 161 Å². The van der Waals surface area contributed by atoms with E-state index in [4.69, 9.17) is 9.73 Å². The van der Waals surface area contributed by atoms with Crippen molar-refractivity contribution in [2.45, 2.75) is 52.0 Å². The Kier molecular flexibility index (Phi) is 6.01. The van der Waals surface area contributed by atoms with E-state index in [0.717, 1.165) is 41.4 Å². The standard InChI is InChI=1S/C22H29N3O2/c1-4-23-21(24-14-16-9-5-6-10-17(16)15-26)25-19-13-22(2,3)27-20-12-8-7-11-18(19)20/h5-12,19,26H,4,13-15H2,1-3H3,(H2,23,24,25). The molecule has 0 spiro atoms. The molecule has 2 aromatic rings. The third-order valence-corrected chi connectivity index (χ3v) is 4.73. The lowest BCUT2D eigenvalue weighted by molar-refractivity contribution is 0.0694. The minimum absolute atomic E-state index is 0.0250. The van der Waals surface area contributed by atoms with E-state index in [-0.39, 0.29) is 18.2 Å². The second-order valence-electron chi connectivity index (χ2n) is 7.42. The summed E-state index contributed by atoms with van der Waals surface area (Å²) < 4.78 is 6.12. The molecule has 0 fully saturated rings. The molecule has 3 N–H and O–H groups in total. The third kappa shape index (κ3) is 4.80. The third-order valence-electron chi connectivity index (χ3n) is 4.73. The highest BCUT2D eigenvalue weighted by Gasteiger charge is 2.33. The molecule has 2 aromatic carbocycles. The van der Waals surface area contributed by atoms with Gasteiger partial charge in [0, 0.05) is 18.5 Å². The number of fused-ring (bicyclic) bond motifs is 1. The van der Waals surface area contributed by atoms with Gasteiger partial charge in [0.05, 0.1) is 19.2 Å². The Balaban J connectivity index is 1.82. The Bertz CT molecular complexity index is 802. The number of rotatable bonds is 5. The normalized spacial score (nSPS) is 18.4. The van der Waals surface area contributed by atoms with Crippen LogP contribution in [0.25, 0.3) is 0 Å². The summed E-state index contributed by atoms with van der Waals surface area (Å²) in [5.41, 5.74) is 2.85. The van der Waals surface area contributed by atoms with E-state index in [1.54, 1.807) is 0 Å². The van der Waals surface area contributed by atoms with Crippen LogP contribution >= 0.6 is 0 Å². The van der Waals surface area contributed by atoms with Crippen molar-refractivity contribution in [2.75, 3.05) is 6.54 Å². The van der Waals surface area contributed by atoms with Crippen LogP contribution in [0.1, 0.15) is 49.9 Å². The first-order valence-corrected chi connectivity index (χ1v) is 9.53. The number of aliphatic hydroxyl groups is 1. The first-order valence-electron chi connectivity index (χ1n) is 9.53. The van der Waals surface area contributed by atoms with Crippen LogP contribution in [-0.2, 0) is 13.2 Å². The summed E-state index contributed by atoms with van der Waals surface area (Å²) in [6.45, 7) is 7.60. The minimum atomic E-state index is -0.243. The largest absolute Gasteiger partial charge is 0.487 e. The molecule has 144 valence electrons. The van der Waals surface area contributed by atoms with Gasteiger partial charge in [0.25, 0.3) is 0 Å². The smallest absolute Gasteiger partial charge is 0.192 e. The van der Waals surface area contributed by atoms with Crippen molar-refractivity contribution in [3.8, 4) is 5.75 Å². The highest BCUT2D eigenvalue weighted by atomic mass is 16.5. The summed E-state index contributed by atoms with van der Waals surface area (Å²) in [5.74, 6) is 1.69. The van der Waals surface area contributed by atoms with E-state index >= 15 is 0 Å². The Morgan fingerprint density at radius 1 is 1.15 bits per heavy atom. The van der Waals surface area contributed by atoms with Crippen molar-refractivity contribution >= 4 is 5.96 Å². The molecule has 0 aromatic heterocycles. The number of nitrogens with zero attached hydrogens (tertiary/aromatic N) is 1. The van der Waals surface area contributed by atoms with Gasteiger partial charge in [-0.2, -0.15) is 0 Å². The van der Waals surface area contributed by atoms with Gasteiger partial charge in [-0.25, -0.2) is 4.99 Å². The van der Waals surface area contributed by atoms with Crippen molar-refractivity contribution in [1.29, 1.82) is 0 Å². The fourth-order valence-corrected chi connectivity index (χ4v) is 3.45. The highest BCUT2D eigenvalue weighted by Crippen LogP contribution is 2.39. The van der Waals surface area contributed by atoms with Gasteiger partial charge in [0.1, 0.15) is 11.4 Å². The predicted molar refractivity (Wildman–Crippen MR) is 109 cm³/mol. The Hall–Kier alpha value is -2.53. The van der Waals surface area contributed by atoms with Crippen molar-refractivity contribution in [1.82, 2.24) is 10.6 Å². The van der Waals surface area contributed by atoms with Gasteiger partial charge in [0.15, 0.2) is 5.96 Å². The van der Waals surface area contributed by atoms with Gasteiger partial charge in [-0.3, -0.25) is 0 Å². The molecular formula is C22H29N3O2. The molecule has 1 aliphatic heterocycles. The van der Waals surface area contributed by atoms with E-state index in [2.05, 4.69) is 37.5 Å². The second kappa shape index (κ2) is 8.44. The molecule has 5 nitrogen and oxygen atoms in total. The lowest BCUT2D eigenvalue weighted by atomic mass is 9.90. The molecular weight excluding hydrogens is 338 g/mol. The van der Waals surface area contributed by atoms with Gasteiger partial charge in [0.2, 0.25) is 0 Å². The molecule has 1 aliphatic rings. The Morgan fingerprint density at radius 3 is 2.59 bits per heavy atom. The van der Waals surface area contributed by atoms with Crippen LogP contribution in [0.15, 0.2) is 53.5 Å². The van der Waals surface area contributed by atoms with Gasteiger partial charge >= 0.3 is 0 Å². The van der Waals surface area contributed by atoms with Gasteiger partial charge < -0.3 is 20.5 Å². The van der Waals surface area contributed by atoms with E-state index in [1.807, 2.05) is 42.5 Å². The van der Waals surface area contributed by atoms with Crippen LogP contribution in [0.3, 0.4) is 0 Å². The van der Waals surface area contributed by atoms with Crippen LogP contribution in [-0.4, -0.2) is 23.2 Å². The monoisotopic (exact) mass is 367 g/mol. The van der Waals surface area contributed by atoms with Crippen LogP contribution in [0.5, 0.6) is 5.75 Å². The maximum Gasteiger partial charge on any atom is 0.192 e. The molecule has 5 heteroatoms. The van der Waals surface area contributed by atoms with E-state index in [9.17, 15) is 5.11 Å². The van der Waals surface area contributed by atoms with Crippen molar-refractivity contribution in [3.05, 3.63) is 65.2 Å². The zero-order valence-corrected chi connectivity index (χ0v) is 16.3. The number of nitrogens with one attached hydrogen (secondary N) is 2. The molecule has 0 radical (unpaired) electrons. The summed E-state index contributed by atoms with van der Waals surface area (Å²) in [6, 6.07) is 16.1. The fourth-order valence-electron chi connectivity index (χ4n) is 3.45. The quantitative estimate of drug-likeness (QED) is 0.559. The molecule has 0 amide bonds. The Morgan fingerprint density at radius 2 is 1.85 bits per heavy atom. The number of hydrogen-bond acceptors (Lipinski definition) is 3. The van der Waals surface area contributed by atoms with Gasteiger partial charge in [-0.15, -0.1) is 0 Å². The SMILES string of the molecule is CCNC(=NCc1ccccc1CO)NC1CC(C)(C)Oc2ccccc21. The molecule has 0 saturated carbocycles. The topological polar surface area (TPSA) is 65.9 Å². The summed E-state index contributed by atoms with van der Waals surface area (Å²) in [6.07, 6.45) is 0.849. The first-order chi connectivity index (χ1) is 13.0. The molecule has 1 heterocycles. The number of aliphatic imine (C=N–C) groups is 1. The molecule has 0 aliphatic carbocycles. The maximum absolute atomic E-state index is 9.52. The second-order valence-corrected chi connectivity index (χ2v) is 7.42. The number of benzene rings is 2. The average Bonchev–Trinajstić information content (AvgIpc) is 2.65. The van der Waals surface area contributed by atoms with Crippen LogP contribution in [0.2, 0.25) is 0 Å². The lowest BCUT2D eigenvalue weighted by Gasteiger charge is -2.38. The lowest BCUT2D eigenvalue weighted by Crippen LogP contribution is -2.45. The molecule has 1 atom stereocenters. The van der Waals surface area contributed by atoms with Crippen LogP contribution < -0.4 is 15.4 Å². The highest BCUT2D eigenvalue weighted by molar-refractivity contribution is 5.80. The number of para-hydroxylation sites is 1. The van der Waals surface area contributed by atoms with Gasteiger partial charge in [-0.05, 0) is 38.0 Å². The molecule has 0 bridgehead atoms. The fraction of sp³-hybridized carbons (Fsp3) is 0.409. The average molecular weight is 367 g/mol. The number of guanidine groups is 1. The summed E-state index contributed by atoms with van der Waals surface area (Å²) in [4.78, 5) is 4.75. The zero-order valence-electron chi connectivity index (χ0n) is 16.3. The predicted octanol–water partition coefficient (Wildman–Crippen LogP) is 3.54. The molecule has 3 rings (SSSR count). The summed E-state index contributed by atoms with van der Waals surface area (Å²) in [7, 11) is 0. The molecule has 1 unspecified atom stereocenters. The number of hydrogen-bond donors (Lipinski definition) is 3. The number of ether oxygens (including phenoxy) is 1.